The fourth-order valence-electron chi connectivity index (χ4n) is 3.84. The summed E-state index contributed by atoms with van der Waals surface area (Å²) in [6, 6.07) is 19.4. The number of hydrogen-bond donors (Lipinski definition) is 0. The van der Waals surface area contributed by atoms with E-state index in [1.807, 2.05) is 18.2 Å². The van der Waals surface area contributed by atoms with Crippen molar-refractivity contribution in [3.63, 3.8) is 0 Å². The lowest BCUT2D eigenvalue weighted by molar-refractivity contribution is 0.381. The number of halogens is 1. The minimum absolute atomic E-state index is 0.555. The van der Waals surface area contributed by atoms with Crippen LogP contribution in [-0.2, 0) is 0 Å². The molecule has 6 aromatic rings. The molecule has 0 aliphatic carbocycles. The molecule has 2 aromatic heterocycles. The molecule has 0 N–H and O–H groups in total. The fourth-order valence-corrected chi connectivity index (χ4v) is 3.84. The summed E-state index contributed by atoms with van der Waals surface area (Å²) >= 11 is 0. The Kier molecular flexibility index (Phi) is 2.29. The molecule has 25 heavy (non-hydrogen) atoms. The summed E-state index contributed by atoms with van der Waals surface area (Å²) in [7, 11) is 0. The van der Waals surface area contributed by atoms with Gasteiger partial charge in [-0.15, -0.1) is 0 Å². The van der Waals surface area contributed by atoms with Crippen LogP contribution in [0.3, 0.4) is 0 Å². The SMILES string of the molecule is Fc1cc2cc3ccc4c5cc6occc6cc5ccc4c3cc2o1. The number of fused-ring (bicyclic) bond motifs is 7. The Hall–Kier alpha value is -3.33. The van der Waals surface area contributed by atoms with Crippen molar-refractivity contribution in [3.8, 4) is 0 Å². The summed E-state index contributed by atoms with van der Waals surface area (Å²) in [5.41, 5.74) is 1.45. The van der Waals surface area contributed by atoms with E-state index in [9.17, 15) is 4.39 Å². The van der Waals surface area contributed by atoms with E-state index in [4.69, 9.17) is 8.83 Å². The molecule has 0 radical (unpaired) electrons. The van der Waals surface area contributed by atoms with Gasteiger partial charge in [-0.05, 0) is 62.6 Å². The van der Waals surface area contributed by atoms with Gasteiger partial charge >= 0.3 is 0 Å². The standard InChI is InChI=1S/C22H11FO2/c23-22-9-15-8-13-2-4-16-17(19(13)11-21(15)25-22)3-1-12-7-14-5-6-24-20(14)10-18(12)16/h1-11H. The Bertz CT molecular complexity index is 1450. The Morgan fingerprint density at radius 2 is 1.24 bits per heavy atom. The van der Waals surface area contributed by atoms with E-state index < -0.39 is 6.01 Å². The van der Waals surface area contributed by atoms with Crippen molar-refractivity contribution in [2.75, 3.05) is 0 Å². The van der Waals surface area contributed by atoms with Gasteiger partial charge in [0.2, 0.25) is 0 Å². The first-order chi connectivity index (χ1) is 12.3. The molecule has 4 aromatic carbocycles. The number of furan rings is 2. The van der Waals surface area contributed by atoms with Crippen LogP contribution in [-0.4, -0.2) is 0 Å². The Morgan fingerprint density at radius 1 is 0.560 bits per heavy atom. The fraction of sp³-hybridized carbons (Fsp3) is 0. The van der Waals surface area contributed by atoms with Crippen molar-refractivity contribution in [2.24, 2.45) is 0 Å². The highest BCUT2D eigenvalue weighted by molar-refractivity contribution is 6.20. The molecule has 0 unspecified atom stereocenters. The molecule has 0 aliphatic rings. The van der Waals surface area contributed by atoms with Crippen LogP contribution >= 0.6 is 0 Å². The van der Waals surface area contributed by atoms with E-state index in [-0.39, 0.29) is 0 Å². The molecule has 2 nitrogen and oxygen atoms in total. The third-order valence-corrected chi connectivity index (χ3v) is 5.01. The first kappa shape index (κ1) is 13.0. The predicted molar refractivity (Wildman–Crippen MR) is 98.5 cm³/mol. The van der Waals surface area contributed by atoms with Crippen LogP contribution in [0, 0.1) is 6.01 Å². The van der Waals surface area contributed by atoms with Crippen LogP contribution in [0.1, 0.15) is 0 Å². The van der Waals surface area contributed by atoms with Gasteiger partial charge in [0.1, 0.15) is 11.2 Å². The molecular formula is C22H11FO2. The van der Waals surface area contributed by atoms with Gasteiger partial charge in [-0.25, -0.2) is 0 Å². The molecule has 6 rings (SSSR count). The summed E-state index contributed by atoms with van der Waals surface area (Å²) in [4.78, 5) is 0. The second kappa shape index (κ2) is 4.39. The first-order valence-electron chi connectivity index (χ1n) is 8.12. The molecule has 0 spiro atoms. The van der Waals surface area contributed by atoms with E-state index in [1.54, 1.807) is 6.26 Å². The van der Waals surface area contributed by atoms with E-state index in [2.05, 4.69) is 36.4 Å². The van der Waals surface area contributed by atoms with Crippen molar-refractivity contribution in [3.05, 3.63) is 72.9 Å². The summed E-state index contributed by atoms with van der Waals surface area (Å²) < 4.78 is 24.2. The van der Waals surface area contributed by atoms with Gasteiger partial charge in [-0.3, -0.25) is 0 Å². The zero-order valence-electron chi connectivity index (χ0n) is 13.0. The van der Waals surface area contributed by atoms with E-state index in [1.165, 1.54) is 11.5 Å². The van der Waals surface area contributed by atoms with Gasteiger partial charge in [-0.2, -0.15) is 4.39 Å². The van der Waals surface area contributed by atoms with Gasteiger partial charge in [-0.1, -0.05) is 24.3 Å². The number of rotatable bonds is 0. The van der Waals surface area contributed by atoms with Crippen molar-refractivity contribution < 1.29 is 13.2 Å². The first-order valence-corrected chi connectivity index (χ1v) is 8.12. The largest absolute Gasteiger partial charge is 0.464 e. The second-order valence-corrected chi connectivity index (χ2v) is 6.42. The summed E-state index contributed by atoms with van der Waals surface area (Å²) in [6.07, 6.45) is 1.71. The Balaban J connectivity index is 1.81. The Morgan fingerprint density at radius 3 is 2.00 bits per heavy atom. The lowest BCUT2D eigenvalue weighted by Gasteiger charge is -2.08. The van der Waals surface area contributed by atoms with Crippen molar-refractivity contribution in [1.29, 1.82) is 0 Å². The minimum Gasteiger partial charge on any atom is -0.464 e. The molecular weight excluding hydrogens is 315 g/mol. The van der Waals surface area contributed by atoms with Crippen LogP contribution in [0.15, 0.2) is 75.8 Å². The molecule has 0 saturated carbocycles. The quantitative estimate of drug-likeness (QED) is 0.288. The second-order valence-electron chi connectivity index (χ2n) is 6.42. The lowest BCUT2D eigenvalue weighted by Crippen LogP contribution is -1.81. The van der Waals surface area contributed by atoms with Gasteiger partial charge in [0.15, 0.2) is 0 Å². The molecule has 0 amide bonds. The van der Waals surface area contributed by atoms with Gasteiger partial charge in [0, 0.05) is 16.8 Å². The van der Waals surface area contributed by atoms with Gasteiger partial charge < -0.3 is 8.83 Å². The molecule has 0 saturated heterocycles. The average molecular weight is 326 g/mol. The smallest absolute Gasteiger partial charge is 0.278 e. The monoisotopic (exact) mass is 326 g/mol. The van der Waals surface area contributed by atoms with Crippen LogP contribution < -0.4 is 0 Å². The highest BCUT2D eigenvalue weighted by atomic mass is 19.1. The van der Waals surface area contributed by atoms with Crippen molar-refractivity contribution in [1.82, 2.24) is 0 Å². The highest BCUT2D eigenvalue weighted by Gasteiger charge is 2.10. The summed E-state index contributed by atoms with van der Waals surface area (Å²) in [6.45, 7) is 0. The summed E-state index contributed by atoms with van der Waals surface area (Å²) in [5, 5.41) is 8.59. The van der Waals surface area contributed by atoms with Gasteiger partial charge in [0.25, 0.3) is 6.01 Å². The minimum atomic E-state index is -0.555. The molecule has 3 heteroatoms. The topological polar surface area (TPSA) is 26.3 Å². The maximum absolute atomic E-state index is 13.4. The normalized spacial score (nSPS) is 12.2. The van der Waals surface area contributed by atoms with E-state index in [0.717, 1.165) is 43.3 Å². The van der Waals surface area contributed by atoms with Crippen LogP contribution in [0.25, 0.3) is 54.3 Å². The maximum Gasteiger partial charge on any atom is 0.278 e. The number of hydrogen-bond acceptors (Lipinski definition) is 2. The average Bonchev–Trinajstić information content (AvgIpc) is 3.21. The highest BCUT2D eigenvalue weighted by Crippen LogP contribution is 2.35. The van der Waals surface area contributed by atoms with E-state index in [0.29, 0.717) is 5.58 Å². The third kappa shape index (κ3) is 1.72. The zero-order valence-corrected chi connectivity index (χ0v) is 13.0. The molecule has 0 fully saturated rings. The number of benzene rings is 4. The van der Waals surface area contributed by atoms with Crippen LogP contribution in [0.5, 0.6) is 0 Å². The van der Waals surface area contributed by atoms with Crippen LogP contribution in [0.2, 0.25) is 0 Å². The zero-order chi connectivity index (χ0) is 16.5. The molecule has 118 valence electrons. The predicted octanol–water partition coefficient (Wildman–Crippen LogP) is 6.78. The summed E-state index contributed by atoms with van der Waals surface area (Å²) in [5.74, 6) is 0. The molecule has 0 atom stereocenters. The molecule has 0 aliphatic heterocycles. The molecule has 2 heterocycles. The van der Waals surface area contributed by atoms with Crippen molar-refractivity contribution >= 4 is 54.3 Å². The maximum atomic E-state index is 13.4. The third-order valence-electron chi connectivity index (χ3n) is 5.01. The lowest BCUT2D eigenvalue weighted by atomic mass is 9.96. The molecule has 0 bridgehead atoms. The van der Waals surface area contributed by atoms with Gasteiger partial charge in [0.05, 0.1) is 6.26 Å². The Labute approximate surface area is 141 Å². The van der Waals surface area contributed by atoms with Crippen molar-refractivity contribution in [2.45, 2.75) is 0 Å². The van der Waals surface area contributed by atoms with Crippen LogP contribution in [0.4, 0.5) is 4.39 Å². The van der Waals surface area contributed by atoms with E-state index >= 15 is 0 Å².